The Balaban J connectivity index is 1.96. The second-order valence-electron chi connectivity index (χ2n) is 3.64. The minimum absolute atomic E-state index is 0.00431. The fraction of sp³-hybridized carbons (Fsp3) is 0.111. The van der Waals surface area contributed by atoms with Gasteiger partial charge in [-0.05, 0) is 6.07 Å². The van der Waals surface area contributed by atoms with Crippen LogP contribution in [0.3, 0.4) is 0 Å². The number of rotatable bonds is 4. The standard InChI is InChI=1S/C9H10N10O/c1-18-5-11-8(17-18)20-9-14-6(16-10)13-7(15-9)19-4-2-3-12-19/h2-5H,10H2,1H3,(H,13,14,15,16). The summed E-state index contributed by atoms with van der Waals surface area (Å²) in [6.07, 6.45) is 4.77. The first kappa shape index (κ1) is 12.0. The number of nitrogens with two attached hydrogens (primary N) is 1. The van der Waals surface area contributed by atoms with Crippen LogP contribution < -0.4 is 16.0 Å². The van der Waals surface area contributed by atoms with Crippen LogP contribution >= 0.6 is 0 Å². The highest BCUT2D eigenvalue weighted by Crippen LogP contribution is 2.14. The van der Waals surface area contributed by atoms with Gasteiger partial charge in [-0.3, -0.25) is 10.1 Å². The molecule has 0 saturated heterocycles. The topological polar surface area (TPSA) is 134 Å². The predicted octanol–water partition coefficient (Wildman–Crippen LogP) is -0.736. The SMILES string of the molecule is Cn1cnc(Oc2nc(NN)nc(-n3cccn3)n2)n1. The van der Waals surface area contributed by atoms with Gasteiger partial charge in [-0.1, -0.05) is 0 Å². The maximum atomic E-state index is 5.34. The van der Waals surface area contributed by atoms with Gasteiger partial charge in [-0.15, -0.1) is 5.10 Å². The van der Waals surface area contributed by atoms with Gasteiger partial charge >= 0.3 is 12.0 Å². The third kappa shape index (κ3) is 2.37. The first-order valence-electron chi connectivity index (χ1n) is 5.51. The Morgan fingerprint density at radius 3 is 2.80 bits per heavy atom. The van der Waals surface area contributed by atoms with Crippen LogP contribution in [0.5, 0.6) is 12.0 Å². The van der Waals surface area contributed by atoms with Gasteiger partial charge in [0.1, 0.15) is 6.33 Å². The van der Waals surface area contributed by atoms with E-state index in [4.69, 9.17) is 10.6 Å². The molecule has 0 saturated carbocycles. The fourth-order valence-electron chi connectivity index (χ4n) is 1.39. The Labute approximate surface area is 112 Å². The van der Waals surface area contributed by atoms with Gasteiger partial charge in [-0.2, -0.15) is 25.0 Å². The molecule has 0 aliphatic rings. The van der Waals surface area contributed by atoms with Crippen LogP contribution in [-0.2, 0) is 7.05 Å². The summed E-state index contributed by atoms with van der Waals surface area (Å²) in [5.41, 5.74) is 2.33. The summed E-state index contributed by atoms with van der Waals surface area (Å²) in [5, 5.41) is 7.98. The van der Waals surface area contributed by atoms with Crippen molar-refractivity contribution in [2.75, 3.05) is 5.43 Å². The van der Waals surface area contributed by atoms with E-state index in [1.54, 1.807) is 25.5 Å². The van der Waals surface area contributed by atoms with E-state index in [2.05, 4.69) is 35.6 Å². The molecule has 0 bridgehead atoms. The molecule has 0 aliphatic heterocycles. The lowest BCUT2D eigenvalue weighted by Crippen LogP contribution is -2.14. The molecule has 3 N–H and O–H groups in total. The highest BCUT2D eigenvalue weighted by Gasteiger charge is 2.11. The van der Waals surface area contributed by atoms with Crippen molar-refractivity contribution in [2.24, 2.45) is 12.9 Å². The van der Waals surface area contributed by atoms with Gasteiger partial charge in [0.05, 0.1) is 0 Å². The van der Waals surface area contributed by atoms with Crippen LogP contribution in [0, 0.1) is 0 Å². The maximum Gasteiger partial charge on any atom is 0.343 e. The first-order chi connectivity index (χ1) is 9.74. The Hall–Kier alpha value is -3.08. The summed E-state index contributed by atoms with van der Waals surface area (Å²) in [7, 11) is 1.72. The number of nitrogens with zero attached hydrogens (tertiary/aromatic N) is 8. The minimum Gasteiger partial charge on any atom is -0.387 e. The Morgan fingerprint density at radius 2 is 2.15 bits per heavy atom. The molecule has 0 aromatic carbocycles. The number of hydrogen-bond donors (Lipinski definition) is 2. The zero-order valence-electron chi connectivity index (χ0n) is 10.4. The number of aromatic nitrogens is 8. The van der Waals surface area contributed by atoms with E-state index in [1.165, 1.54) is 15.7 Å². The number of nitrogens with one attached hydrogen (secondary N) is 1. The molecule has 102 valence electrons. The van der Waals surface area contributed by atoms with Crippen molar-refractivity contribution in [1.29, 1.82) is 0 Å². The van der Waals surface area contributed by atoms with Gasteiger partial charge in [0.2, 0.25) is 5.95 Å². The third-order valence-electron chi connectivity index (χ3n) is 2.20. The molecule has 0 radical (unpaired) electrons. The second kappa shape index (κ2) is 4.89. The molecule has 11 nitrogen and oxygen atoms in total. The Kier molecular flexibility index (Phi) is 2.93. The molecular weight excluding hydrogens is 264 g/mol. The summed E-state index contributed by atoms with van der Waals surface area (Å²) in [6.45, 7) is 0. The van der Waals surface area contributed by atoms with Crippen molar-refractivity contribution in [3.63, 3.8) is 0 Å². The molecule has 3 rings (SSSR count). The van der Waals surface area contributed by atoms with Crippen molar-refractivity contribution in [2.45, 2.75) is 0 Å². The van der Waals surface area contributed by atoms with E-state index in [1.807, 2.05) is 0 Å². The molecule has 3 aromatic heterocycles. The van der Waals surface area contributed by atoms with Crippen LogP contribution in [0.15, 0.2) is 24.8 Å². The molecule has 0 fully saturated rings. The van der Waals surface area contributed by atoms with E-state index in [0.717, 1.165) is 0 Å². The molecule has 0 aliphatic carbocycles. The number of ether oxygens (including phenoxy) is 1. The monoisotopic (exact) mass is 274 g/mol. The van der Waals surface area contributed by atoms with Gasteiger partial charge < -0.3 is 4.74 Å². The summed E-state index contributed by atoms with van der Waals surface area (Å²) >= 11 is 0. The van der Waals surface area contributed by atoms with Crippen LogP contribution in [0.1, 0.15) is 0 Å². The highest BCUT2D eigenvalue weighted by atomic mass is 16.5. The average Bonchev–Trinajstić information content (AvgIpc) is 3.10. The van der Waals surface area contributed by atoms with Gasteiger partial charge in [-0.25, -0.2) is 10.5 Å². The number of aryl methyl sites for hydroxylation is 1. The van der Waals surface area contributed by atoms with Crippen LogP contribution in [0.2, 0.25) is 0 Å². The van der Waals surface area contributed by atoms with Gasteiger partial charge in [0.15, 0.2) is 0 Å². The predicted molar refractivity (Wildman–Crippen MR) is 65.8 cm³/mol. The lowest BCUT2D eigenvalue weighted by molar-refractivity contribution is 0.402. The van der Waals surface area contributed by atoms with Gasteiger partial charge in [0.25, 0.3) is 5.95 Å². The number of nitrogen functional groups attached to an aromatic ring is 1. The smallest absolute Gasteiger partial charge is 0.343 e. The van der Waals surface area contributed by atoms with Crippen LogP contribution in [0.25, 0.3) is 5.95 Å². The fourth-order valence-corrected chi connectivity index (χ4v) is 1.39. The lowest BCUT2D eigenvalue weighted by Gasteiger charge is -2.05. The molecule has 0 amide bonds. The third-order valence-corrected chi connectivity index (χ3v) is 2.20. The van der Waals surface area contributed by atoms with E-state index in [-0.39, 0.29) is 23.9 Å². The second-order valence-corrected chi connectivity index (χ2v) is 3.64. The quantitative estimate of drug-likeness (QED) is 0.466. The maximum absolute atomic E-state index is 5.34. The van der Waals surface area contributed by atoms with Crippen molar-refractivity contribution in [3.8, 4) is 18.0 Å². The number of hydrogen-bond acceptors (Lipinski definition) is 9. The van der Waals surface area contributed by atoms with Crippen molar-refractivity contribution in [1.82, 2.24) is 39.5 Å². The largest absolute Gasteiger partial charge is 0.387 e. The zero-order valence-corrected chi connectivity index (χ0v) is 10.4. The molecular formula is C9H10N10O. The van der Waals surface area contributed by atoms with E-state index >= 15 is 0 Å². The normalized spacial score (nSPS) is 10.5. The summed E-state index contributed by atoms with van der Waals surface area (Å²) < 4.78 is 8.28. The Morgan fingerprint density at radius 1 is 1.25 bits per heavy atom. The molecule has 0 atom stereocenters. The molecule has 20 heavy (non-hydrogen) atoms. The lowest BCUT2D eigenvalue weighted by atomic mass is 10.7. The highest BCUT2D eigenvalue weighted by molar-refractivity contribution is 5.28. The minimum atomic E-state index is 0.00431. The van der Waals surface area contributed by atoms with Crippen molar-refractivity contribution in [3.05, 3.63) is 24.8 Å². The average molecular weight is 274 g/mol. The molecule has 3 heterocycles. The Bertz CT molecular complexity index is 705. The number of hydrazine groups is 1. The van der Waals surface area contributed by atoms with Crippen LogP contribution in [0.4, 0.5) is 5.95 Å². The summed E-state index contributed by atoms with van der Waals surface area (Å²) in [5.74, 6) is 5.70. The van der Waals surface area contributed by atoms with Crippen molar-refractivity contribution >= 4 is 5.95 Å². The van der Waals surface area contributed by atoms with Crippen LogP contribution in [-0.4, -0.2) is 39.5 Å². The van der Waals surface area contributed by atoms with E-state index in [0.29, 0.717) is 0 Å². The summed E-state index contributed by atoms with van der Waals surface area (Å²) in [4.78, 5) is 16.0. The van der Waals surface area contributed by atoms with E-state index in [9.17, 15) is 0 Å². The molecule has 11 heteroatoms. The molecule has 3 aromatic rings. The molecule has 0 unspecified atom stereocenters. The summed E-state index contributed by atoms with van der Waals surface area (Å²) in [6, 6.07) is 1.86. The van der Waals surface area contributed by atoms with Crippen molar-refractivity contribution < 1.29 is 4.74 Å². The zero-order chi connectivity index (χ0) is 13.9. The number of anilines is 1. The van der Waals surface area contributed by atoms with E-state index < -0.39 is 0 Å². The molecule has 0 spiro atoms. The first-order valence-corrected chi connectivity index (χ1v) is 5.51. The van der Waals surface area contributed by atoms with Gasteiger partial charge in [0, 0.05) is 19.4 Å².